The van der Waals surface area contributed by atoms with Crippen molar-refractivity contribution in [2.75, 3.05) is 13.1 Å². The third-order valence-electron chi connectivity index (χ3n) is 3.69. The quantitative estimate of drug-likeness (QED) is 0.813. The average molecular weight is 251 g/mol. The Kier molecular flexibility index (Phi) is 4.98. The summed E-state index contributed by atoms with van der Waals surface area (Å²) in [6.45, 7) is 3.53. The molecule has 0 unspecified atom stereocenters. The highest BCUT2D eigenvalue weighted by Crippen LogP contribution is 2.35. The van der Waals surface area contributed by atoms with Crippen LogP contribution in [0, 0.1) is 5.41 Å². The van der Waals surface area contributed by atoms with Gasteiger partial charge in [0.15, 0.2) is 0 Å². The molecule has 1 heterocycles. The molecule has 0 aromatic carbocycles. The maximum absolute atomic E-state index is 12.0. The van der Waals surface area contributed by atoms with E-state index in [1.807, 2.05) is 6.92 Å². The van der Waals surface area contributed by atoms with E-state index in [1.165, 1.54) is 0 Å². The van der Waals surface area contributed by atoms with E-state index in [1.54, 1.807) is 0 Å². The standard InChI is InChI=1S/C12H20F3NO/c1-2-11(6-8-16-9-7-11)10(17)4-3-5-12(13,14)15/h16H,2-9H2,1H3. The van der Waals surface area contributed by atoms with E-state index in [-0.39, 0.29) is 24.0 Å². The van der Waals surface area contributed by atoms with Gasteiger partial charge in [-0.3, -0.25) is 4.79 Å². The Labute approximate surface area is 100.0 Å². The van der Waals surface area contributed by atoms with Crippen LogP contribution in [0.3, 0.4) is 0 Å². The second-order valence-corrected chi connectivity index (χ2v) is 4.78. The van der Waals surface area contributed by atoms with Crippen LogP contribution < -0.4 is 5.32 Å². The van der Waals surface area contributed by atoms with E-state index in [2.05, 4.69) is 5.32 Å². The molecule has 0 aromatic rings. The summed E-state index contributed by atoms with van der Waals surface area (Å²) in [4.78, 5) is 12.0. The summed E-state index contributed by atoms with van der Waals surface area (Å²) >= 11 is 0. The molecule has 0 radical (unpaired) electrons. The van der Waals surface area contributed by atoms with E-state index in [0.29, 0.717) is 0 Å². The predicted molar refractivity (Wildman–Crippen MR) is 59.7 cm³/mol. The predicted octanol–water partition coefficient (Wildman–Crippen LogP) is 3.07. The number of alkyl halides is 3. The fourth-order valence-corrected chi connectivity index (χ4v) is 2.45. The van der Waals surface area contributed by atoms with Gasteiger partial charge in [-0.1, -0.05) is 6.92 Å². The van der Waals surface area contributed by atoms with E-state index in [4.69, 9.17) is 0 Å². The number of Topliss-reactive ketones (excluding diaryl/α,β-unsaturated/α-hetero) is 1. The lowest BCUT2D eigenvalue weighted by molar-refractivity contribution is -0.139. The number of halogens is 3. The fraction of sp³-hybridized carbons (Fsp3) is 0.917. The van der Waals surface area contributed by atoms with Crippen molar-refractivity contribution < 1.29 is 18.0 Å². The van der Waals surface area contributed by atoms with Gasteiger partial charge in [0, 0.05) is 18.3 Å². The average Bonchev–Trinajstić information content (AvgIpc) is 2.28. The van der Waals surface area contributed by atoms with Gasteiger partial charge in [0.25, 0.3) is 0 Å². The van der Waals surface area contributed by atoms with Crippen molar-refractivity contribution in [3.05, 3.63) is 0 Å². The minimum Gasteiger partial charge on any atom is -0.317 e. The number of piperidine rings is 1. The summed E-state index contributed by atoms with van der Waals surface area (Å²) in [6.07, 6.45) is -2.75. The number of carbonyl (C=O) groups is 1. The number of hydrogen-bond acceptors (Lipinski definition) is 2. The maximum atomic E-state index is 12.0. The highest BCUT2D eigenvalue weighted by atomic mass is 19.4. The Balaban J connectivity index is 2.44. The van der Waals surface area contributed by atoms with Crippen molar-refractivity contribution in [2.45, 2.75) is 51.6 Å². The molecular weight excluding hydrogens is 231 g/mol. The van der Waals surface area contributed by atoms with Gasteiger partial charge < -0.3 is 5.32 Å². The Morgan fingerprint density at radius 1 is 1.29 bits per heavy atom. The molecule has 0 spiro atoms. The summed E-state index contributed by atoms with van der Waals surface area (Å²) in [7, 11) is 0. The molecular formula is C12H20F3NO. The Hall–Kier alpha value is -0.580. The van der Waals surface area contributed by atoms with Crippen LogP contribution in [0.15, 0.2) is 0 Å². The van der Waals surface area contributed by atoms with Crippen LogP contribution >= 0.6 is 0 Å². The zero-order chi connectivity index (χ0) is 12.9. The van der Waals surface area contributed by atoms with E-state index < -0.39 is 12.6 Å². The number of rotatable bonds is 5. The summed E-state index contributed by atoms with van der Waals surface area (Å²) < 4.78 is 36.0. The smallest absolute Gasteiger partial charge is 0.317 e. The molecule has 1 rings (SSSR count). The molecule has 5 heteroatoms. The first-order valence-electron chi connectivity index (χ1n) is 6.20. The highest BCUT2D eigenvalue weighted by molar-refractivity contribution is 5.84. The van der Waals surface area contributed by atoms with Crippen LogP contribution in [-0.2, 0) is 4.79 Å². The largest absolute Gasteiger partial charge is 0.389 e. The SMILES string of the molecule is CCC1(C(=O)CCCC(F)(F)F)CCNCC1. The van der Waals surface area contributed by atoms with Crippen LogP contribution in [0.2, 0.25) is 0 Å². The van der Waals surface area contributed by atoms with Gasteiger partial charge in [0.1, 0.15) is 5.78 Å². The highest BCUT2D eigenvalue weighted by Gasteiger charge is 2.37. The molecule has 1 fully saturated rings. The monoisotopic (exact) mass is 251 g/mol. The molecule has 0 saturated carbocycles. The maximum Gasteiger partial charge on any atom is 0.389 e. The molecule has 1 N–H and O–H groups in total. The molecule has 0 atom stereocenters. The van der Waals surface area contributed by atoms with Crippen LogP contribution in [0.4, 0.5) is 13.2 Å². The van der Waals surface area contributed by atoms with E-state index in [9.17, 15) is 18.0 Å². The van der Waals surface area contributed by atoms with Gasteiger partial charge in [-0.15, -0.1) is 0 Å². The number of hydrogen-bond donors (Lipinski definition) is 1. The lowest BCUT2D eigenvalue weighted by Gasteiger charge is -2.35. The molecule has 1 aliphatic heterocycles. The molecule has 0 amide bonds. The topological polar surface area (TPSA) is 29.1 Å². The molecule has 1 aliphatic rings. The molecule has 0 aliphatic carbocycles. The minimum atomic E-state index is -4.15. The third kappa shape index (κ3) is 4.30. The van der Waals surface area contributed by atoms with Gasteiger partial charge in [-0.05, 0) is 38.8 Å². The zero-order valence-electron chi connectivity index (χ0n) is 10.2. The van der Waals surface area contributed by atoms with E-state index >= 15 is 0 Å². The van der Waals surface area contributed by atoms with Crippen LogP contribution in [0.25, 0.3) is 0 Å². The summed E-state index contributed by atoms with van der Waals surface area (Å²) in [5.74, 6) is 0.0192. The Morgan fingerprint density at radius 2 is 1.88 bits per heavy atom. The molecule has 0 aromatic heterocycles. The number of nitrogens with one attached hydrogen (secondary N) is 1. The van der Waals surface area contributed by atoms with Gasteiger partial charge in [-0.2, -0.15) is 13.2 Å². The molecule has 100 valence electrons. The molecule has 17 heavy (non-hydrogen) atoms. The van der Waals surface area contributed by atoms with Crippen LogP contribution in [0.1, 0.15) is 45.4 Å². The first-order valence-corrected chi connectivity index (χ1v) is 6.20. The van der Waals surface area contributed by atoms with Crippen LogP contribution in [-0.4, -0.2) is 25.0 Å². The zero-order valence-corrected chi connectivity index (χ0v) is 10.2. The lowest BCUT2D eigenvalue weighted by atomic mass is 9.72. The van der Waals surface area contributed by atoms with Gasteiger partial charge >= 0.3 is 6.18 Å². The summed E-state index contributed by atoms with van der Waals surface area (Å²) in [5.41, 5.74) is -0.364. The van der Waals surface area contributed by atoms with Crippen molar-refractivity contribution in [3.63, 3.8) is 0 Å². The Bertz CT molecular complexity index is 257. The first-order chi connectivity index (χ1) is 7.90. The Morgan fingerprint density at radius 3 is 2.35 bits per heavy atom. The fourth-order valence-electron chi connectivity index (χ4n) is 2.45. The summed E-state index contributed by atoms with van der Waals surface area (Å²) in [6, 6.07) is 0. The van der Waals surface area contributed by atoms with Crippen molar-refractivity contribution in [2.24, 2.45) is 5.41 Å². The van der Waals surface area contributed by atoms with Gasteiger partial charge in [-0.25, -0.2) is 0 Å². The van der Waals surface area contributed by atoms with Gasteiger partial charge in [0.2, 0.25) is 0 Å². The van der Waals surface area contributed by atoms with Crippen molar-refractivity contribution >= 4 is 5.78 Å². The molecule has 1 saturated heterocycles. The second-order valence-electron chi connectivity index (χ2n) is 4.78. The first kappa shape index (κ1) is 14.5. The van der Waals surface area contributed by atoms with Crippen molar-refractivity contribution in [1.29, 1.82) is 0 Å². The van der Waals surface area contributed by atoms with Gasteiger partial charge in [0.05, 0.1) is 0 Å². The minimum absolute atomic E-state index is 0.0192. The van der Waals surface area contributed by atoms with Crippen LogP contribution in [0.5, 0.6) is 0 Å². The van der Waals surface area contributed by atoms with Crippen molar-refractivity contribution in [3.8, 4) is 0 Å². The second kappa shape index (κ2) is 5.85. The number of ketones is 1. The molecule has 0 bridgehead atoms. The van der Waals surface area contributed by atoms with Crippen molar-refractivity contribution in [1.82, 2.24) is 5.32 Å². The normalized spacial score (nSPS) is 20.2. The summed E-state index contributed by atoms with van der Waals surface area (Å²) in [5, 5.41) is 3.18. The number of carbonyl (C=O) groups excluding carboxylic acids is 1. The molecule has 2 nitrogen and oxygen atoms in total. The third-order valence-corrected chi connectivity index (χ3v) is 3.69. The lowest BCUT2D eigenvalue weighted by Crippen LogP contribution is -2.41. The van der Waals surface area contributed by atoms with E-state index in [0.717, 1.165) is 32.4 Å².